The first-order chi connectivity index (χ1) is 7.65. The van der Waals surface area contributed by atoms with Crippen LogP contribution in [0.1, 0.15) is 19.8 Å². The van der Waals surface area contributed by atoms with Crippen LogP contribution >= 0.6 is 0 Å². The molecule has 0 aliphatic heterocycles. The molecular weight excluding hydrogens is 210 g/mol. The zero-order valence-corrected chi connectivity index (χ0v) is 9.09. The van der Waals surface area contributed by atoms with Crippen molar-refractivity contribution in [3.8, 4) is 0 Å². The van der Waals surface area contributed by atoms with Crippen LogP contribution in [0.2, 0.25) is 0 Å². The van der Waals surface area contributed by atoms with Crippen molar-refractivity contribution in [1.29, 1.82) is 0 Å². The highest BCUT2D eigenvalue weighted by molar-refractivity contribution is 5.56. The molecule has 88 valence electrons. The first-order valence-electron chi connectivity index (χ1n) is 5.12. The number of nitrogens with zero attached hydrogens (tertiary/aromatic N) is 2. The van der Waals surface area contributed by atoms with E-state index in [9.17, 15) is 10.1 Å². The molecule has 0 aliphatic rings. The number of pyridine rings is 1. The van der Waals surface area contributed by atoms with Crippen molar-refractivity contribution in [2.45, 2.75) is 25.8 Å². The molecular formula is C10H15N3O3. The Bertz CT molecular complexity index is 357. The van der Waals surface area contributed by atoms with Gasteiger partial charge in [-0.15, -0.1) is 0 Å². The van der Waals surface area contributed by atoms with Gasteiger partial charge in [0.05, 0.1) is 0 Å². The number of hydrogen-bond acceptors (Lipinski definition) is 5. The number of nitrogens with one attached hydrogen (secondary N) is 1. The summed E-state index contributed by atoms with van der Waals surface area (Å²) in [5.41, 5.74) is 0.415. The van der Waals surface area contributed by atoms with Crippen molar-refractivity contribution in [3.05, 3.63) is 28.4 Å². The lowest BCUT2D eigenvalue weighted by Gasteiger charge is -2.13. The highest BCUT2D eigenvalue weighted by Gasteiger charge is 2.15. The number of rotatable bonds is 6. The SMILES string of the molecule is CC(CCCO)Nc1cccnc1[N+](=O)[O-]. The Labute approximate surface area is 93.5 Å². The summed E-state index contributed by atoms with van der Waals surface area (Å²) in [5.74, 6) is -0.168. The van der Waals surface area contributed by atoms with E-state index in [2.05, 4.69) is 10.3 Å². The smallest absolute Gasteiger partial charge is 0.386 e. The monoisotopic (exact) mass is 225 g/mol. The van der Waals surface area contributed by atoms with E-state index < -0.39 is 4.92 Å². The molecule has 0 radical (unpaired) electrons. The van der Waals surface area contributed by atoms with Crippen LogP contribution in [0.4, 0.5) is 11.5 Å². The lowest BCUT2D eigenvalue weighted by atomic mass is 10.2. The fourth-order valence-corrected chi connectivity index (χ4v) is 1.39. The Morgan fingerprint density at radius 2 is 2.44 bits per heavy atom. The molecule has 0 fully saturated rings. The van der Waals surface area contributed by atoms with E-state index in [0.29, 0.717) is 12.1 Å². The van der Waals surface area contributed by atoms with Gasteiger partial charge >= 0.3 is 5.82 Å². The molecule has 0 saturated carbocycles. The summed E-state index contributed by atoms with van der Waals surface area (Å²) in [6.07, 6.45) is 2.81. The standard InChI is InChI=1S/C10H15N3O3/c1-8(4-3-7-14)12-9-5-2-6-11-10(9)13(15)16/h2,5-6,8,12,14H,3-4,7H2,1H3. The van der Waals surface area contributed by atoms with Gasteiger partial charge in [-0.25, -0.2) is 0 Å². The van der Waals surface area contributed by atoms with Crippen LogP contribution in [0.3, 0.4) is 0 Å². The summed E-state index contributed by atoms with van der Waals surface area (Å²) < 4.78 is 0. The van der Waals surface area contributed by atoms with E-state index in [4.69, 9.17) is 5.11 Å². The second-order valence-corrected chi connectivity index (χ2v) is 3.54. The second kappa shape index (κ2) is 6.02. The molecule has 1 aromatic heterocycles. The van der Waals surface area contributed by atoms with Crippen LogP contribution in [0, 0.1) is 10.1 Å². The summed E-state index contributed by atoms with van der Waals surface area (Å²) in [5, 5.41) is 22.4. The van der Waals surface area contributed by atoms with Crippen LogP contribution in [0.15, 0.2) is 18.3 Å². The summed E-state index contributed by atoms with van der Waals surface area (Å²) in [6, 6.07) is 3.34. The Balaban J connectivity index is 2.69. The molecule has 1 atom stereocenters. The molecule has 1 heterocycles. The van der Waals surface area contributed by atoms with Gasteiger partial charge in [-0.05, 0) is 41.8 Å². The molecule has 1 aromatic rings. The van der Waals surface area contributed by atoms with Crippen molar-refractivity contribution in [1.82, 2.24) is 4.98 Å². The van der Waals surface area contributed by atoms with E-state index in [0.717, 1.165) is 6.42 Å². The third-order valence-corrected chi connectivity index (χ3v) is 2.16. The van der Waals surface area contributed by atoms with Crippen LogP contribution in [-0.4, -0.2) is 27.7 Å². The maximum absolute atomic E-state index is 10.7. The van der Waals surface area contributed by atoms with Crippen molar-refractivity contribution in [2.75, 3.05) is 11.9 Å². The number of hydrogen-bond donors (Lipinski definition) is 2. The highest BCUT2D eigenvalue weighted by Crippen LogP contribution is 2.21. The lowest BCUT2D eigenvalue weighted by molar-refractivity contribution is -0.388. The average Bonchev–Trinajstić information content (AvgIpc) is 2.27. The summed E-state index contributed by atoms with van der Waals surface area (Å²) in [4.78, 5) is 13.9. The lowest BCUT2D eigenvalue weighted by Crippen LogP contribution is -2.16. The fourth-order valence-electron chi connectivity index (χ4n) is 1.39. The molecule has 0 bridgehead atoms. The van der Waals surface area contributed by atoms with Crippen LogP contribution in [-0.2, 0) is 0 Å². The normalized spacial score (nSPS) is 12.1. The van der Waals surface area contributed by atoms with Gasteiger partial charge in [0.25, 0.3) is 0 Å². The minimum absolute atomic E-state index is 0.0649. The largest absolute Gasteiger partial charge is 0.396 e. The van der Waals surface area contributed by atoms with Crippen molar-refractivity contribution < 1.29 is 10.0 Å². The quantitative estimate of drug-likeness (QED) is 0.566. The Morgan fingerprint density at radius 3 is 3.06 bits per heavy atom. The molecule has 0 aromatic carbocycles. The van der Waals surface area contributed by atoms with E-state index in [-0.39, 0.29) is 18.5 Å². The van der Waals surface area contributed by atoms with Crippen LogP contribution in [0.5, 0.6) is 0 Å². The molecule has 1 unspecified atom stereocenters. The van der Waals surface area contributed by atoms with Crippen molar-refractivity contribution in [3.63, 3.8) is 0 Å². The molecule has 16 heavy (non-hydrogen) atoms. The zero-order valence-electron chi connectivity index (χ0n) is 9.09. The van der Waals surface area contributed by atoms with Crippen molar-refractivity contribution in [2.24, 2.45) is 0 Å². The number of aromatic nitrogens is 1. The van der Waals surface area contributed by atoms with E-state index in [1.54, 1.807) is 12.1 Å². The zero-order chi connectivity index (χ0) is 12.0. The minimum Gasteiger partial charge on any atom is -0.396 e. The predicted octanol–water partition coefficient (Wildman–Crippen LogP) is 1.56. The topological polar surface area (TPSA) is 88.3 Å². The first kappa shape index (κ1) is 12.4. The maximum atomic E-state index is 10.7. The Morgan fingerprint density at radius 1 is 1.69 bits per heavy atom. The van der Waals surface area contributed by atoms with E-state index >= 15 is 0 Å². The predicted molar refractivity (Wildman–Crippen MR) is 60.3 cm³/mol. The molecule has 0 amide bonds. The van der Waals surface area contributed by atoms with E-state index in [1.807, 2.05) is 6.92 Å². The Hall–Kier alpha value is -1.69. The number of anilines is 1. The third-order valence-electron chi connectivity index (χ3n) is 2.16. The fraction of sp³-hybridized carbons (Fsp3) is 0.500. The number of aliphatic hydroxyl groups excluding tert-OH is 1. The molecule has 1 rings (SSSR count). The molecule has 6 nitrogen and oxygen atoms in total. The molecule has 2 N–H and O–H groups in total. The van der Waals surface area contributed by atoms with Gasteiger partial charge < -0.3 is 20.5 Å². The van der Waals surface area contributed by atoms with Gasteiger partial charge in [-0.1, -0.05) is 0 Å². The Kier molecular flexibility index (Phi) is 4.65. The molecule has 0 spiro atoms. The van der Waals surface area contributed by atoms with Gasteiger partial charge in [0.1, 0.15) is 11.9 Å². The molecule has 6 heteroatoms. The third kappa shape index (κ3) is 3.47. The van der Waals surface area contributed by atoms with Crippen LogP contribution < -0.4 is 5.32 Å². The maximum Gasteiger partial charge on any atom is 0.386 e. The van der Waals surface area contributed by atoms with E-state index in [1.165, 1.54) is 6.20 Å². The minimum atomic E-state index is -0.513. The van der Waals surface area contributed by atoms with Gasteiger partial charge in [0.15, 0.2) is 0 Å². The van der Waals surface area contributed by atoms with Gasteiger partial charge in [-0.3, -0.25) is 0 Å². The summed E-state index contributed by atoms with van der Waals surface area (Å²) >= 11 is 0. The van der Waals surface area contributed by atoms with Gasteiger partial charge in [-0.2, -0.15) is 0 Å². The average molecular weight is 225 g/mol. The second-order valence-electron chi connectivity index (χ2n) is 3.54. The number of nitro groups is 1. The summed E-state index contributed by atoms with van der Waals surface area (Å²) in [6.45, 7) is 2.04. The molecule has 0 saturated heterocycles. The number of aliphatic hydroxyl groups is 1. The highest BCUT2D eigenvalue weighted by atomic mass is 16.6. The van der Waals surface area contributed by atoms with Crippen LogP contribution in [0.25, 0.3) is 0 Å². The molecule has 0 aliphatic carbocycles. The summed E-state index contributed by atoms with van der Waals surface area (Å²) in [7, 11) is 0. The van der Waals surface area contributed by atoms with Crippen molar-refractivity contribution >= 4 is 11.5 Å². The first-order valence-corrected chi connectivity index (χ1v) is 5.12. The van der Waals surface area contributed by atoms with Gasteiger partial charge in [0, 0.05) is 12.6 Å². The van der Waals surface area contributed by atoms with Gasteiger partial charge in [0.2, 0.25) is 0 Å².